The Balaban J connectivity index is 1.59. The number of allylic oxidation sites excluding steroid dienone is 1. The SMILES string of the molecule is CCC(C)=C(c1ccc(OCCc2cc(OC)c(OC)c(OC)c2)cc1)N(C1CCCCC1)C1(C)CC=C(C(=O)O)C=C1C. The van der Waals surface area contributed by atoms with Gasteiger partial charge in [-0.15, -0.1) is 0 Å². The van der Waals surface area contributed by atoms with Gasteiger partial charge in [0.25, 0.3) is 0 Å². The lowest BCUT2D eigenvalue weighted by Gasteiger charge is -2.52. The molecule has 0 heterocycles. The first kappa shape index (κ1) is 33.0. The number of hydrogen-bond donors (Lipinski definition) is 1. The van der Waals surface area contributed by atoms with Crippen LogP contribution in [0.3, 0.4) is 0 Å². The second-order valence-corrected chi connectivity index (χ2v) is 12.1. The molecule has 0 radical (unpaired) electrons. The number of ether oxygens (including phenoxy) is 4. The average Bonchev–Trinajstić information content (AvgIpc) is 3.04. The first-order valence-corrected chi connectivity index (χ1v) is 15.8. The molecular weight excluding hydrogens is 554 g/mol. The fraction of sp³-hybridized carbons (Fsp3) is 0.486. The van der Waals surface area contributed by atoms with Crippen molar-refractivity contribution in [2.24, 2.45) is 0 Å². The smallest absolute Gasteiger partial charge is 0.335 e. The third kappa shape index (κ3) is 7.09. The van der Waals surface area contributed by atoms with Crippen molar-refractivity contribution in [3.8, 4) is 23.0 Å². The first-order valence-electron chi connectivity index (χ1n) is 15.8. The van der Waals surface area contributed by atoms with Gasteiger partial charge >= 0.3 is 5.97 Å². The Morgan fingerprint density at radius 2 is 1.64 bits per heavy atom. The summed E-state index contributed by atoms with van der Waals surface area (Å²) in [6.45, 7) is 9.32. The highest BCUT2D eigenvalue weighted by molar-refractivity contribution is 5.90. The molecule has 0 bridgehead atoms. The molecule has 1 N–H and O–H groups in total. The average molecular weight is 604 g/mol. The molecule has 238 valence electrons. The minimum absolute atomic E-state index is 0.317. The summed E-state index contributed by atoms with van der Waals surface area (Å²) in [7, 11) is 4.84. The van der Waals surface area contributed by atoms with E-state index in [4.69, 9.17) is 18.9 Å². The molecule has 1 fully saturated rings. The Morgan fingerprint density at radius 1 is 1.00 bits per heavy atom. The summed E-state index contributed by atoms with van der Waals surface area (Å²) in [5.74, 6) is 1.79. The third-order valence-corrected chi connectivity index (χ3v) is 9.35. The van der Waals surface area contributed by atoms with Crippen molar-refractivity contribution in [3.05, 3.63) is 76.4 Å². The van der Waals surface area contributed by atoms with Gasteiger partial charge in [-0.25, -0.2) is 4.79 Å². The molecule has 2 aliphatic rings. The fourth-order valence-corrected chi connectivity index (χ4v) is 6.56. The molecule has 7 nitrogen and oxygen atoms in total. The Hall–Kier alpha value is -3.87. The highest BCUT2D eigenvalue weighted by Crippen LogP contribution is 2.45. The van der Waals surface area contributed by atoms with Crippen LogP contribution in [0.25, 0.3) is 5.70 Å². The maximum absolute atomic E-state index is 11.8. The Labute approximate surface area is 263 Å². The van der Waals surface area contributed by atoms with Crippen LogP contribution in [0.2, 0.25) is 0 Å². The van der Waals surface area contributed by atoms with E-state index < -0.39 is 5.97 Å². The standard InChI is InChI=1S/C37H49NO6/c1-8-25(2)34(38(30-12-10-9-11-13-30)37(4)20-18-29(36(39)40)22-26(37)3)28-14-16-31(17-15-28)44-21-19-27-23-32(41-5)35(43-7)33(24-27)42-6/h14-18,22-24,30H,8-13,19-21H2,1-7H3,(H,39,40). The molecule has 4 rings (SSSR count). The van der Waals surface area contributed by atoms with Gasteiger partial charge in [-0.2, -0.15) is 0 Å². The van der Waals surface area contributed by atoms with Crippen molar-refractivity contribution >= 4 is 11.7 Å². The third-order valence-electron chi connectivity index (χ3n) is 9.35. The van der Waals surface area contributed by atoms with Gasteiger partial charge in [0.05, 0.1) is 39.0 Å². The molecule has 2 aromatic rings. The van der Waals surface area contributed by atoms with Crippen LogP contribution in [-0.2, 0) is 11.2 Å². The molecule has 0 aromatic heterocycles. The van der Waals surface area contributed by atoms with E-state index in [1.165, 1.54) is 30.5 Å². The molecule has 0 saturated heterocycles. The molecule has 0 amide bonds. The number of carbonyl (C=O) groups is 1. The zero-order valence-corrected chi connectivity index (χ0v) is 27.5. The van der Waals surface area contributed by atoms with Crippen LogP contribution in [-0.4, -0.2) is 55.5 Å². The van der Waals surface area contributed by atoms with Gasteiger partial charge in [0.2, 0.25) is 5.75 Å². The van der Waals surface area contributed by atoms with Crippen LogP contribution in [0.4, 0.5) is 0 Å². The number of carboxylic acids is 1. The molecule has 2 aliphatic carbocycles. The molecule has 0 spiro atoms. The number of aliphatic carboxylic acids is 1. The molecule has 0 aliphatic heterocycles. The van der Waals surface area contributed by atoms with Gasteiger partial charge in [0, 0.05) is 18.2 Å². The number of nitrogens with zero attached hydrogens (tertiary/aromatic N) is 1. The van der Waals surface area contributed by atoms with Crippen molar-refractivity contribution in [2.75, 3.05) is 27.9 Å². The summed E-state index contributed by atoms with van der Waals surface area (Å²) >= 11 is 0. The molecule has 2 aromatic carbocycles. The Kier molecular flexibility index (Phi) is 11.1. The van der Waals surface area contributed by atoms with Crippen LogP contribution in [0, 0.1) is 0 Å². The van der Waals surface area contributed by atoms with Crippen LogP contribution >= 0.6 is 0 Å². The van der Waals surface area contributed by atoms with Gasteiger partial charge in [0.15, 0.2) is 11.5 Å². The van der Waals surface area contributed by atoms with E-state index in [2.05, 4.69) is 56.9 Å². The number of rotatable bonds is 13. The normalized spacial score (nSPS) is 19.3. The lowest BCUT2D eigenvalue weighted by molar-refractivity contribution is -0.132. The number of methoxy groups -OCH3 is 3. The zero-order valence-electron chi connectivity index (χ0n) is 27.5. The van der Waals surface area contributed by atoms with E-state index in [1.54, 1.807) is 21.3 Å². The minimum atomic E-state index is -0.864. The van der Waals surface area contributed by atoms with Gasteiger partial charge in [-0.1, -0.05) is 32.3 Å². The maximum Gasteiger partial charge on any atom is 0.335 e. The summed E-state index contributed by atoms with van der Waals surface area (Å²) in [5, 5.41) is 9.68. The predicted octanol–water partition coefficient (Wildman–Crippen LogP) is 8.23. The highest BCUT2D eigenvalue weighted by atomic mass is 16.5. The lowest BCUT2D eigenvalue weighted by Crippen LogP contribution is -2.52. The van der Waals surface area contributed by atoms with Crippen molar-refractivity contribution in [1.82, 2.24) is 4.90 Å². The monoisotopic (exact) mass is 603 g/mol. The van der Waals surface area contributed by atoms with E-state index in [-0.39, 0.29) is 5.54 Å². The van der Waals surface area contributed by atoms with Gasteiger partial charge in [0.1, 0.15) is 5.75 Å². The number of hydrogen-bond acceptors (Lipinski definition) is 6. The molecular formula is C37H49NO6. The van der Waals surface area contributed by atoms with E-state index in [9.17, 15) is 9.90 Å². The quantitative estimate of drug-likeness (QED) is 0.247. The predicted molar refractivity (Wildman–Crippen MR) is 176 cm³/mol. The van der Waals surface area contributed by atoms with E-state index in [0.29, 0.717) is 48.3 Å². The molecule has 1 unspecified atom stereocenters. The molecule has 44 heavy (non-hydrogen) atoms. The Bertz CT molecular complexity index is 1370. The summed E-state index contributed by atoms with van der Waals surface area (Å²) in [4.78, 5) is 14.4. The van der Waals surface area contributed by atoms with E-state index >= 15 is 0 Å². The second-order valence-electron chi connectivity index (χ2n) is 12.1. The summed E-state index contributed by atoms with van der Waals surface area (Å²) < 4.78 is 22.6. The van der Waals surface area contributed by atoms with Gasteiger partial charge in [-0.3, -0.25) is 0 Å². The topological polar surface area (TPSA) is 77.5 Å². The minimum Gasteiger partial charge on any atom is -0.493 e. The summed E-state index contributed by atoms with van der Waals surface area (Å²) in [6.07, 6.45) is 12.0. The van der Waals surface area contributed by atoms with E-state index in [1.807, 2.05) is 24.3 Å². The van der Waals surface area contributed by atoms with Crippen molar-refractivity contribution in [1.29, 1.82) is 0 Å². The summed E-state index contributed by atoms with van der Waals surface area (Å²) in [6, 6.07) is 12.8. The highest BCUT2D eigenvalue weighted by Gasteiger charge is 2.41. The molecule has 1 atom stereocenters. The number of benzene rings is 2. The maximum atomic E-state index is 11.8. The Morgan fingerprint density at radius 3 is 2.16 bits per heavy atom. The zero-order chi connectivity index (χ0) is 31.9. The summed E-state index contributed by atoms with van der Waals surface area (Å²) in [5.41, 5.74) is 5.94. The largest absolute Gasteiger partial charge is 0.493 e. The fourth-order valence-electron chi connectivity index (χ4n) is 6.56. The second kappa shape index (κ2) is 14.7. The van der Waals surface area contributed by atoms with Gasteiger partial charge in [-0.05, 0) is 111 Å². The molecule has 7 heteroatoms. The molecule has 1 saturated carbocycles. The van der Waals surface area contributed by atoms with Crippen LogP contribution in [0.15, 0.2) is 65.3 Å². The first-order chi connectivity index (χ1) is 21.2. The lowest BCUT2D eigenvalue weighted by atomic mass is 9.78. The van der Waals surface area contributed by atoms with Crippen molar-refractivity contribution in [2.45, 2.75) is 90.6 Å². The van der Waals surface area contributed by atoms with Crippen molar-refractivity contribution in [3.63, 3.8) is 0 Å². The van der Waals surface area contributed by atoms with Gasteiger partial charge < -0.3 is 29.0 Å². The van der Waals surface area contributed by atoms with Crippen LogP contribution in [0.5, 0.6) is 23.0 Å². The number of carboxylic acid groups (broad SMARTS) is 1. The van der Waals surface area contributed by atoms with Crippen LogP contribution in [0.1, 0.15) is 83.8 Å². The van der Waals surface area contributed by atoms with Crippen molar-refractivity contribution < 1.29 is 28.8 Å². The van der Waals surface area contributed by atoms with E-state index in [0.717, 1.165) is 41.7 Å². The van der Waals surface area contributed by atoms with Crippen LogP contribution < -0.4 is 18.9 Å².